The van der Waals surface area contributed by atoms with Gasteiger partial charge in [0.2, 0.25) is 0 Å². The van der Waals surface area contributed by atoms with Crippen molar-refractivity contribution in [1.29, 1.82) is 0 Å². The smallest absolute Gasteiger partial charge is 0.270 e. The lowest BCUT2D eigenvalue weighted by Crippen LogP contribution is -2.40. The summed E-state index contributed by atoms with van der Waals surface area (Å²) in [6.45, 7) is 6.30. The van der Waals surface area contributed by atoms with E-state index in [1.165, 1.54) is 6.92 Å². The molecule has 2 aromatic heterocycles. The van der Waals surface area contributed by atoms with Crippen molar-refractivity contribution in [3.8, 4) is 0 Å². The van der Waals surface area contributed by atoms with Crippen LogP contribution in [-0.4, -0.2) is 28.1 Å². The van der Waals surface area contributed by atoms with Crippen LogP contribution in [0.2, 0.25) is 0 Å². The van der Waals surface area contributed by atoms with Crippen LogP contribution in [0.25, 0.3) is 0 Å². The van der Waals surface area contributed by atoms with Gasteiger partial charge in [0.1, 0.15) is 17.2 Å². The summed E-state index contributed by atoms with van der Waals surface area (Å²) in [4.78, 5) is 29.1. The number of ketones is 1. The third kappa shape index (κ3) is 3.09. The molecular formula is C18H22N2O3. The third-order valence-corrected chi connectivity index (χ3v) is 4.54. The topological polar surface area (TPSA) is 66.3 Å². The van der Waals surface area contributed by atoms with E-state index in [-0.39, 0.29) is 17.7 Å². The fourth-order valence-electron chi connectivity index (χ4n) is 3.16. The van der Waals surface area contributed by atoms with Gasteiger partial charge in [0, 0.05) is 18.3 Å². The number of aromatic nitrogens is 1. The molecule has 23 heavy (non-hydrogen) atoms. The van der Waals surface area contributed by atoms with Gasteiger partial charge in [0.15, 0.2) is 5.78 Å². The molecule has 3 heterocycles. The second kappa shape index (κ2) is 6.07. The number of hydrogen-bond donors (Lipinski definition) is 1. The number of rotatable bonds is 3. The van der Waals surface area contributed by atoms with E-state index in [1.54, 1.807) is 12.3 Å². The summed E-state index contributed by atoms with van der Waals surface area (Å²) in [7, 11) is 0. The Morgan fingerprint density at radius 2 is 2.13 bits per heavy atom. The van der Waals surface area contributed by atoms with Crippen molar-refractivity contribution in [2.24, 2.45) is 5.92 Å². The van der Waals surface area contributed by atoms with E-state index in [0.717, 1.165) is 24.4 Å². The van der Waals surface area contributed by atoms with Gasteiger partial charge >= 0.3 is 0 Å². The molecule has 5 heteroatoms. The molecule has 0 aliphatic carbocycles. The van der Waals surface area contributed by atoms with Crippen LogP contribution in [0.1, 0.15) is 65.1 Å². The number of H-pyrrole nitrogens is 1. The maximum absolute atomic E-state index is 12.9. The molecule has 1 amide bonds. The number of hydrogen-bond acceptors (Lipinski definition) is 3. The fraction of sp³-hybridized carbons (Fsp3) is 0.444. The Morgan fingerprint density at radius 1 is 1.35 bits per heavy atom. The van der Waals surface area contributed by atoms with Crippen molar-refractivity contribution >= 4 is 11.7 Å². The molecule has 5 nitrogen and oxygen atoms in total. The lowest BCUT2D eigenvalue weighted by molar-refractivity contribution is 0.0514. The summed E-state index contributed by atoms with van der Waals surface area (Å²) in [5, 5.41) is 0. The monoisotopic (exact) mass is 314 g/mol. The van der Waals surface area contributed by atoms with Gasteiger partial charge in [0.25, 0.3) is 5.91 Å². The number of carbonyl (C=O) groups excluding carboxylic acids is 2. The van der Waals surface area contributed by atoms with Crippen LogP contribution in [0.4, 0.5) is 0 Å². The number of carbonyl (C=O) groups is 2. The Morgan fingerprint density at radius 3 is 2.74 bits per heavy atom. The third-order valence-electron chi connectivity index (χ3n) is 4.54. The van der Waals surface area contributed by atoms with Gasteiger partial charge in [-0.15, -0.1) is 0 Å². The van der Waals surface area contributed by atoms with E-state index in [2.05, 4.69) is 11.9 Å². The summed E-state index contributed by atoms with van der Waals surface area (Å²) in [6, 6.07) is 5.46. The summed E-state index contributed by atoms with van der Waals surface area (Å²) in [5.41, 5.74) is 0.988. The number of aryl methyl sites for hydroxylation is 1. The van der Waals surface area contributed by atoms with Gasteiger partial charge in [0.05, 0.1) is 6.04 Å². The summed E-state index contributed by atoms with van der Waals surface area (Å²) < 4.78 is 5.77. The molecule has 0 aromatic carbocycles. The Hall–Kier alpha value is -2.30. The molecule has 122 valence electrons. The highest BCUT2D eigenvalue weighted by Gasteiger charge is 2.34. The van der Waals surface area contributed by atoms with E-state index in [4.69, 9.17) is 4.42 Å². The minimum Gasteiger partial charge on any atom is -0.464 e. The van der Waals surface area contributed by atoms with Gasteiger partial charge in [-0.05, 0) is 50.8 Å². The van der Waals surface area contributed by atoms with Crippen LogP contribution in [0.15, 0.2) is 28.8 Å². The van der Waals surface area contributed by atoms with Crippen molar-refractivity contribution < 1.29 is 14.0 Å². The zero-order valence-electron chi connectivity index (χ0n) is 13.8. The van der Waals surface area contributed by atoms with Crippen molar-refractivity contribution in [2.45, 2.75) is 39.7 Å². The Bertz CT molecular complexity index is 728. The average molecular weight is 314 g/mol. The largest absolute Gasteiger partial charge is 0.464 e. The van der Waals surface area contributed by atoms with Gasteiger partial charge in [-0.25, -0.2) is 0 Å². The summed E-state index contributed by atoms with van der Waals surface area (Å²) >= 11 is 0. The lowest BCUT2D eigenvalue weighted by Gasteiger charge is -2.37. The number of nitrogens with one attached hydrogen (secondary N) is 1. The summed E-state index contributed by atoms with van der Waals surface area (Å²) in [5.74, 6) is 2.10. The number of nitrogens with zero attached hydrogens (tertiary/aromatic N) is 1. The van der Waals surface area contributed by atoms with Crippen LogP contribution < -0.4 is 0 Å². The predicted molar refractivity (Wildman–Crippen MR) is 86.4 cm³/mol. The highest BCUT2D eigenvalue weighted by molar-refractivity contribution is 5.99. The molecule has 1 aliphatic heterocycles. The first-order chi connectivity index (χ1) is 11.0. The fourth-order valence-corrected chi connectivity index (χ4v) is 3.16. The quantitative estimate of drug-likeness (QED) is 0.878. The highest BCUT2D eigenvalue weighted by atomic mass is 16.3. The number of likely N-dealkylation sites (tertiary alicyclic amines) is 1. The maximum atomic E-state index is 12.9. The van der Waals surface area contributed by atoms with Gasteiger partial charge < -0.3 is 14.3 Å². The SMILES string of the molecule is CC(=O)c1c[nH]c(C(=O)N2CC[C@@H](C)C[C@@H]2c2ccc(C)o2)c1. The molecule has 1 saturated heterocycles. The average Bonchev–Trinajstić information content (AvgIpc) is 3.15. The molecule has 0 saturated carbocycles. The molecular weight excluding hydrogens is 292 g/mol. The molecule has 1 fully saturated rings. The first-order valence-corrected chi connectivity index (χ1v) is 8.02. The van der Waals surface area contributed by atoms with Crippen LogP contribution >= 0.6 is 0 Å². The minimum absolute atomic E-state index is 0.0502. The Labute approximate surface area is 135 Å². The van der Waals surface area contributed by atoms with E-state index in [0.29, 0.717) is 23.7 Å². The first kappa shape index (κ1) is 15.6. The number of furan rings is 1. The number of Topliss-reactive ketones (excluding diaryl/α,β-unsaturated/α-hetero) is 1. The van der Waals surface area contributed by atoms with Crippen molar-refractivity contribution in [1.82, 2.24) is 9.88 Å². The van der Waals surface area contributed by atoms with Gasteiger partial charge in [-0.3, -0.25) is 9.59 Å². The van der Waals surface area contributed by atoms with Gasteiger partial charge in [-0.2, -0.15) is 0 Å². The highest BCUT2D eigenvalue weighted by Crippen LogP contribution is 2.35. The molecule has 2 aromatic rings. The van der Waals surface area contributed by atoms with Gasteiger partial charge in [-0.1, -0.05) is 6.92 Å². The second-order valence-electron chi connectivity index (χ2n) is 6.45. The number of piperidine rings is 1. The standard InChI is InChI=1S/C18H22N2O3/c1-11-6-7-20(16(8-11)17-5-4-12(2)23-17)18(22)15-9-14(10-19-15)13(3)21/h4-5,9-11,16,19H,6-8H2,1-3H3/t11-,16-/m1/s1. The minimum atomic E-state index is -0.0801. The molecule has 0 bridgehead atoms. The molecule has 0 spiro atoms. The lowest BCUT2D eigenvalue weighted by atomic mass is 9.91. The van der Waals surface area contributed by atoms with Crippen molar-refractivity contribution in [2.75, 3.05) is 6.54 Å². The zero-order chi connectivity index (χ0) is 16.6. The maximum Gasteiger partial charge on any atom is 0.270 e. The normalized spacial score (nSPS) is 21.4. The van der Waals surface area contributed by atoms with Crippen LogP contribution in [0, 0.1) is 12.8 Å². The van der Waals surface area contributed by atoms with Crippen LogP contribution in [-0.2, 0) is 0 Å². The molecule has 1 N–H and O–H groups in total. The van der Waals surface area contributed by atoms with Crippen LogP contribution in [0.5, 0.6) is 0 Å². The zero-order valence-corrected chi connectivity index (χ0v) is 13.8. The molecule has 3 rings (SSSR count). The van der Waals surface area contributed by atoms with Crippen molar-refractivity contribution in [3.05, 3.63) is 47.2 Å². The predicted octanol–water partition coefficient (Wildman–Crippen LogP) is 3.73. The molecule has 2 atom stereocenters. The Kier molecular flexibility index (Phi) is 4.11. The van der Waals surface area contributed by atoms with Crippen LogP contribution in [0.3, 0.4) is 0 Å². The van der Waals surface area contributed by atoms with E-state index >= 15 is 0 Å². The van der Waals surface area contributed by atoms with E-state index in [1.807, 2.05) is 24.0 Å². The molecule has 0 unspecified atom stereocenters. The number of amides is 1. The number of aromatic amines is 1. The van der Waals surface area contributed by atoms with Crippen molar-refractivity contribution in [3.63, 3.8) is 0 Å². The van der Waals surface area contributed by atoms with E-state index in [9.17, 15) is 9.59 Å². The molecule has 1 aliphatic rings. The first-order valence-electron chi connectivity index (χ1n) is 8.02. The Balaban J connectivity index is 1.88. The molecule has 0 radical (unpaired) electrons. The summed E-state index contributed by atoms with van der Waals surface area (Å²) in [6.07, 6.45) is 3.45. The second-order valence-corrected chi connectivity index (χ2v) is 6.45. The van der Waals surface area contributed by atoms with E-state index < -0.39 is 0 Å².